The van der Waals surface area contributed by atoms with Crippen molar-refractivity contribution >= 4 is 28.2 Å². The molecular weight excluding hydrogens is 348 g/mol. The summed E-state index contributed by atoms with van der Waals surface area (Å²) in [4.78, 5) is 25.4. The number of aryl methyl sites for hydroxylation is 1. The van der Waals surface area contributed by atoms with Crippen molar-refractivity contribution in [1.29, 1.82) is 0 Å². The van der Waals surface area contributed by atoms with E-state index in [9.17, 15) is 14.7 Å². The van der Waals surface area contributed by atoms with Gasteiger partial charge in [0, 0.05) is 28.5 Å². The lowest BCUT2D eigenvalue weighted by Gasteiger charge is -2.10. The van der Waals surface area contributed by atoms with Crippen LogP contribution in [0.15, 0.2) is 48.8 Å². The number of benzene rings is 1. The number of thiophene rings is 1. The first-order valence-electron chi connectivity index (χ1n) is 8.56. The largest absolute Gasteiger partial charge is 0.478 e. The van der Waals surface area contributed by atoms with Crippen LogP contribution in [-0.2, 0) is 12.8 Å². The fourth-order valence-electron chi connectivity index (χ4n) is 3.35. The van der Waals surface area contributed by atoms with Crippen molar-refractivity contribution in [2.45, 2.75) is 25.7 Å². The maximum Gasteiger partial charge on any atom is 0.339 e. The van der Waals surface area contributed by atoms with Crippen LogP contribution in [0.4, 0.5) is 5.00 Å². The average molecular weight is 366 g/mol. The quantitative estimate of drug-likeness (QED) is 0.720. The summed E-state index contributed by atoms with van der Waals surface area (Å²) in [5, 5.41) is 12.8. The molecule has 2 N–H and O–H groups in total. The van der Waals surface area contributed by atoms with Crippen LogP contribution in [0.3, 0.4) is 0 Å². The number of carboxylic acid groups (broad SMARTS) is 1. The van der Waals surface area contributed by atoms with Gasteiger partial charge in [-0.3, -0.25) is 4.79 Å². The van der Waals surface area contributed by atoms with Crippen molar-refractivity contribution < 1.29 is 14.7 Å². The highest BCUT2D eigenvalue weighted by molar-refractivity contribution is 7.17. The minimum Gasteiger partial charge on any atom is -0.478 e. The van der Waals surface area contributed by atoms with Gasteiger partial charge < -0.3 is 15.0 Å². The molecule has 2 aromatic heterocycles. The first kappa shape index (κ1) is 16.6. The SMILES string of the molecule is O=C(Nc1sc2c(c1C(=O)O)CCCC2)c1ccc(-n2cccc2)cc1. The summed E-state index contributed by atoms with van der Waals surface area (Å²) >= 11 is 1.40. The van der Waals surface area contributed by atoms with Gasteiger partial charge in [0.1, 0.15) is 5.00 Å². The van der Waals surface area contributed by atoms with Gasteiger partial charge in [0.05, 0.1) is 5.56 Å². The highest BCUT2D eigenvalue weighted by Crippen LogP contribution is 2.38. The molecule has 0 aliphatic heterocycles. The molecule has 6 heteroatoms. The van der Waals surface area contributed by atoms with Crippen molar-refractivity contribution in [1.82, 2.24) is 4.57 Å². The number of carboxylic acids is 1. The third-order valence-corrected chi connectivity index (χ3v) is 5.85. The Morgan fingerprint density at radius 2 is 1.73 bits per heavy atom. The fraction of sp³-hybridized carbons (Fsp3) is 0.200. The summed E-state index contributed by atoms with van der Waals surface area (Å²) in [7, 11) is 0. The van der Waals surface area contributed by atoms with Crippen LogP contribution in [0, 0.1) is 0 Å². The molecule has 0 atom stereocenters. The first-order chi connectivity index (χ1) is 12.6. The van der Waals surface area contributed by atoms with Gasteiger partial charge in [-0.05, 0) is 67.6 Å². The van der Waals surface area contributed by atoms with Gasteiger partial charge in [-0.15, -0.1) is 11.3 Å². The van der Waals surface area contributed by atoms with E-state index < -0.39 is 5.97 Å². The van der Waals surface area contributed by atoms with Crippen LogP contribution in [-0.4, -0.2) is 21.6 Å². The maximum absolute atomic E-state index is 12.6. The third kappa shape index (κ3) is 3.04. The number of amides is 1. The lowest BCUT2D eigenvalue weighted by molar-refractivity contribution is 0.0697. The number of fused-ring (bicyclic) bond motifs is 1. The molecule has 1 aliphatic rings. The molecule has 5 nitrogen and oxygen atoms in total. The van der Waals surface area contributed by atoms with E-state index in [1.54, 1.807) is 12.1 Å². The summed E-state index contributed by atoms with van der Waals surface area (Å²) in [5.41, 5.74) is 2.63. The van der Waals surface area contributed by atoms with E-state index in [4.69, 9.17) is 0 Å². The number of carbonyl (C=O) groups is 2. The number of nitrogens with zero attached hydrogens (tertiary/aromatic N) is 1. The average Bonchev–Trinajstić information content (AvgIpc) is 3.29. The van der Waals surface area contributed by atoms with Crippen LogP contribution in [0.5, 0.6) is 0 Å². The van der Waals surface area contributed by atoms with Crippen LogP contribution in [0.1, 0.15) is 44.0 Å². The van der Waals surface area contributed by atoms with Gasteiger partial charge in [0.25, 0.3) is 5.91 Å². The highest BCUT2D eigenvalue weighted by atomic mass is 32.1. The predicted octanol–water partition coefficient (Wildman–Crippen LogP) is 4.37. The van der Waals surface area contributed by atoms with E-state index in [0.717, 1.165) is 41.8 Å². The second-order valence-corrected chi connectivity index (χ2v) is 7.42. The van der Waals surface area contributed by atoms with Crippen molar-refractivity contribution in [3.63, 3.8) is 0 Å². The van der Waals surface area contributed by atoms with Gasteiger partial charge >= 0.3 is 5.97 Å². The smallest absolute Gasteiger partial charge is 0.339 e. The minimum atomic E-state index is -0.970. The molecule has 0 unspecified atom stereocenters. The number of aromatic carboxylic acids is 1. The predicted molar refractivity (Wildman–Crippen MR) is 102 cm³/mol. The molecular formula is C20H18N2O3S. The molecule has 26 heavy (non-hydrogen) atoms. The number of nitrogens with one attached hydrogen (secondary N) is 1. The molecule has 0 fully saturated rings. The van der Waals surface area contributed by atoms with Crippen LogP contribution in [0.2, 0.25) is 0 Å². The Kier molecular flexibility index (Phi) is 4.34. The summed E-state index contributed by atoms with van der Waals surface area (Å²) in [6.45, 7) is 0. The Balaban J connectivity index is 1.58. The van der Waals surface area contributed by atoms with Gasteiger partial charge in [-0.1, -0.05) is 0 Å². The highest BCUT2D eigenvalue weighted by Gasteiger charge is 2.26. The molecule has 1 amide bonds. The third-order valence-electron chi connectivity index (χ3n) is 4.64. The lowest BCUT2D eigenvalue weighted by Crippen LogP contribution is -2.14. The number of carbonyl (C=O) groups excluding carboxylic acids is 1. The zero-order chi connectivity index (χ0) is 18.1. The van der Waals surface area contributed by atoms with Gasteiger partial charge in [-0.25, -0.2) is 4.79 Å². The maximum atomic E-state index is 12.6. The van der Waals surface area contributed by atoms with E-state index >= 15 is 0 Å². The normalized spacial score (nSPS) is 13.2. The topological polar surface area (TPSA) is 71.3 Å². The zero-order valence-electron chi connectivity index (χ0n) is 14.1. The first-order valence-corrected chi connectivity index (χ1v) is 9.38. The monoisotopic (exact) mass is 366 g/mol. The Morgan fingerprint density at radius 1 is 1.04 bits per heavy atom. The minimum absolute atomic E-state index is 0.266. The number of hydrogen-bond donors (Lipinski definition) is 2. The summed E-state index contributed by atoms with van der Waals surface area (Å²) in [6.07, 6.45) is 7.60. The summed E-state index contributed by atoms with van der Waals surface area (Å²) in [5.74, 6) is -1.26. The van der Waals surface area contributed by atoms with Gasteiger partial charge in [0.2, 0.25) is 0 Å². The molecule has 1 aliphatic carbocycles. The van der Waals surface area contributed by atoms with Crippen LogP contribution in [0.25, 0.3) is 5.69 Å². The number of anilines is 1. The molecule has 0 bridgehead atoms. The van der Waals surface area contributed by atoms with Crippen molar-refractivity contribution in [2.75, 3.05) is 5.32 Å². The fourth-order valence-corrected chi connectivity index (χ4v) is 4.62. The second-order valence-electron chi connectivity index (χ2n) is 6.31. The standard InChI is InChI=1S/C20H18N2O3S/c23-18(13-7-9-14(10-8-13)22-11-3-4-12-22)21-19-17(20(24)25)15-5-1-2-6-16(15)26-19/h3-4,7-12H,1-2,5-6H2,(H,21,23)(H,24,25). The molecule has 1 aromatic carbocycles. The lowest BCUT2D eigenvalue weighted by atomic mass is 9.95. The molecule has 0 saturated carbocycles. The Morgan fingerprint density at radius 3 is 2.42 bits per heavy atom. The molecule has 132 valence electrons. The van der Waals surface area contributed by atoms with Crippen molar-refractivity contribution in [3.05, 3.63) is 70.4 Å². The van der Waals surface area contributed by atoms with E-state index in [1.165, 1.54) is 11.3 Å². The molecule has 0 radical (unpaired) electrons. The molecule has 0 spiro atoms. The molecule has 0 saturated heterocycles. The van der Waals surface area contributed by atoms with Gasteiger partial charge in [-0.2, -0.15) is 0 Å². The number of aromatic nitrogens is 1. The van der Waals surface area contributed by atoms with Gasteiger partial charge in [0.15, 0.2) is 0 Å². The summed E-state index contributed by atoms with van der Waals surface area (Å²) < 4.78 is 1.96. The number of rotatable bonds is 4. The van der Waals surface area contributed by atoms with Crippen molar-refractivity contribution in [2.24, 2.45) is 0 Å². The molecule has 4 rings (SSSR count). The van der Waals surface area contributed by atoms with E-state index in [-0.39, 0.29) is 11.5 Å². The Hall–Kier alpha value is -2.86. The number of hydrogen-bond acceptors (Lipinski definition) is 3. The summed E-state index contributed by atoms with van der Waals surface area (Å²) in [6, 6.07) is 11.1. The molecule has 2 heterocycles. The Labute approximate surface area is 154 Å². The van der Waals surface area contributed by atoms with E-state index in [1.807, 2.05) is 41.2 Å². The van der Waals surface area contributed by atoms with E-state index in [2.05, 4.69) is 5.32 Å². The molecule has 3 aromatic rings. The van der Waals surface area contributed by atoms with E-state index in [0.29, 0.717) is 10.6 Å². The second kappa shape index (κ2) is 6.80. The van der Waals surface area contributed by atoms with Crippen LogP contribution < -0.4 is 5.32 Å². The van der Waals surface area contributed by atoms with Crippen molar-refractivity contribution in [3.8, 4) is 5.69 Å². The zero-order valence-corrected chi connectivity index (χ0v) is 14.9. The van der Waals surface area contributed by atoms with Crippen LogP contribution >= 0.6 is 11.3 Å². The Bertz CT molecular complexity index is 956.